The quantitative estimate of drug-likeness (QED) is 0.360. The van der Waals surface area contributed by atoms with E-state index in [2.05, 4.69) is 50.6 Å². The van der Waals surface area contributed by atoms with Crippen molar-refractivity contribution in [3.05, 3.63) is 75.0 Å². The van der Waals surface area contributed by atoms with Gasteiger partial charge in [0.1, 0.15) is 13.2 Å². The van der Waals surface area contributed by atoms with Crippen LogP contribution in [0.15, 0.2) is 52.0 Å². The number of carbonyl (C=O) groups is 1. The average molecular weight is 499 g/mol. The number of nitrogens with zero attached hydrogens (tertiary/aromatic N) is 3. The standard InChI is InChI=1S/C24H27BrN4O3/c1-15-6-8-19(9-7-15)14-32-21-11-10-20(12-22(21)31-5)16(2)26-27-23(30)13-29-18(4)24(25)17(3)28-29/h6-12H,13-14H2,1-5H3,(H,27,30). The highest BCUT2D eigenvalue weighted by Crippen LogP contribution is 2.29. The predicted molar refractivity (Wildman–Crippen MR) is 128 cm³/mol. The minimum Gasteiger partial charge on any atom is -0.493 e. The van der Waals surface area contributed by atoms with Crippen molar-refractivity contribution in [1.82, 2.24) is 15.2 Å². The summed E-state index contributed by atoms with van der Waals surface area (Å²) < 4.78 is 14.0. The molecular weight excluding hydrogens is 472 g/mol. The lowest BCUT2D eigenvalue weighted by atomic mass is 10.1. The summed E-state index contributed by atoms with van der Waals surface area (Å²) in [5, 5.41) is 8.57. The Morgan fingerprint density at radius 1 is 1.12 bits per heavy atom. The number of nitrogens with one attached hydrogen (secondary N) is 1. The van der Waals surface area contributed by atoms with E-state index in [1.807, 2.05) is 51.1 Å². The number of methoxy groups -OCH3 is 1. The van der Waals surface area contributed by atoms with E-state index in [4.69, 9.17) is 9.47 Å². The van der Waals surface area contributed by atoms with E-state index < -0.39 is 0 Å². The molecule has 0 bridgehead atoms. The van der Waals surface area contributed by atoms with Gasteiger partial charge >= 0.3 is 0 Å². The van der Waals surface area contributed by atoms with Crippen LogP contribution >= 0.6 is 15.9 Å². The molecule has 8 heteroatoms. The second-order valence-corrected chi connectivity index (χ2v) is 8.31. The van der Waals surface area contributed by atoms with E-state index >= 15 is 0 Å². The van der Waals surface area contributed by atoms with E-state index in [1.54, 1.807) is 11.8 Å². The molecule has 0 aliphatic heterocycles. The first kappa shape index (κ1) is 23.5. The Hall–Kier alpha value is -3.13. The van der Waals surface area contributed by atoms with E-state index in [9.17, 15) is 4.79 Å². The average Bonchev–Trinajstić information content (AvgIpc) is 3.03. The fraction of sp³-hybridized carbons (Fsp3) is 0.292. The maximum absolute atomic E-state index is 12.3. The third-order valence-corrected chi connectivity index (χ3v) is 6.18. The fourth-order valence-corrected chi connectivity index (χ4v) is 3.35. The Morgan fingerprint density at radius 2 is 1.84 bits per heavy atom. The molecule has 1 heterocycles. The molecule has 7 nitrogen and oxygen atoms in total. The number of amides is 1. The smallest absolute Gasteiger partial charge is 0.261 e. The maximum atomic E-state index is 12.3. The predicted octanol–water partition coefficient (Wildman–Crippen LogP) is 4.70. The van der Waals surface area contributed by atoms with Crippen molar-refractivity contribution >= 4 is 27.5 Å². The summed E-state index contributed by atoms with van der Waals surface area (Å²) in [4.78, 5) is 12.3. The molecule has 0 unspecified atom stereocenters. The molecule has 168 valence electrons. The third-order valence-electron chi connectivity index (χ3n) is 5.03. The molecule has 0 aliphatic rings. The third kappa shape index (κ3) is 5.76. The summed E-state index contributed by atoms with van der Waals surface area (Å²) in [6.45, 7) is 8.19. The zero-order chi connectivity index (χ0) is 23.3. The fourth-order valence-electron chi connectivity index (χ4n) is 3.07. The number of hydrogen-bond acceptors (Lipinski definition) is 5. The topological polar surface area (TPSA) is 77.7 Å². The van der Waals surface area contributed by atoms with Gasteiger partial charge in [-0.15, -0.1) is 0 Å². The van der Waals surface area contributed by atoms with Gasteiger partial charge in [-0.2, -0.15) is 10.2 Å². The molecule has 1 aromatic heterocycles. The summed E-state index contributed by atoms with van der Waals surface area (Å²) in [7, 11) is 1.60. The monoisotopic (exact) mass is 498 g/mol. The van der Waals surface area contributed by atoms with E-state index in [1.165, 1.54) is 5.56 Å². The molecule has 0 fully saturated rings. The van der Waals surface area contributed by atoms with Crippen LogP contribution in [0.5, 0.6) is 11.5 Å². The Kier molecular flexibility index (Phi) is 7.69. The van der Waals surface area contributed by atoms with Gasteiger partial charge in [-0.1, -0.05) is 29.8 Å². The summed E-state index contributed by atoms with van der Waals surface area (Å²) in [6.07, 6.45) is 0. The van der Waals surface area contributed by atoms with Crippen molar-refractivity contribution in [3.8, 4) is 11.5 Å². The molecule has 32 heavy (non-hydrogen) atoms. The van der Waals surface area contributed by atoms with Crippen LogP contribution in [0.1, 0.15) is 35.0 Å². The number of benzene rings is 2. The lowest BCUT2D eigenvalue weighted by Crippen LogP contribution is -2.25. The number of rotatable bonds is 8. The Bertz CT molecular complexity index is 1140. The second-order valence-electron chi connectivity index (χ2n) is 7.51. The van der Waals surface area contributed by atoms with Crippen molar-refractivity contribution in [2.24, 2.45) is 5.10 Å². The summed E-state index contributed by atoms with van der Waals surface area (Å²) >= 11 is 3.46. The van der Waals surface area contributed by atoms with Crippen LogP contribution in [0, 0.1) is 20.8 Å². The highest BCUT2D eigenvalue weighted by atomic mass is 79.9. The molecule has 0 spiro atoms. The lowest BCUT2D eigenvalue weighted by molar-refractivity contribution is -0.121. The highest BCUT2D eigenvalue weighted by Gasteiger charge is 2.12. The van der Waals surface area contributed by atoms with Gasteiger partial charge in [0.2, 0.25) is 0 Å². The molecular formula is C24H27BrN4O3. The Balaban J connectivity index is 1.64. The van der Waals surface area contributed by atoms with Crippen molar-refractivity contribution < 1.29 is 14.3 Å². The summed E-state index contributed by atoms with van der Waals surface area (Å²) in [5.74, 6) is 0.985. The summed E-state index contributed by atoms with van der Waals surface area (Å²) in [6, 6.07) is 13.8. The minimum absolute atomic E-state index is 0.0875. The van der Waals surface area contributed by atoms with Crippen LogP contribution in [0.3, 0.4) is 0 Å². The van der Waals surface area contributed by atoms with Crippen molar-refractivity contribution in [1.29, 1.82) is 0 Å². The Labute approximate surface area is 196 Å². The number of hydrogen-bond donors (Lipinski definition) is 1. The minimum atomic E-state index is -0.257. The van der Waals surface area contributed by atoms with Gasteiger partial charge in [-0.05, 0) is 67.4 Å². The molecule has 0 atom stereocenters. The molecule has 2 aromatic carbocycles. The molecule has 3 rings (SSSR count). The normalized spacial score (nSPS) is 11.4. The molecule has 3 aromatic rings. The molecule has 0 aliphatic carbocycles. The van der Waals surface area contributed by atoms with Crippen LogP contribution in [0.4, 0.5) is 0 Å². The number of halogens is 1. The molecule has 0 saturated carbocycles. The van der Waals surface area contributed by atoms with Gasteiger partial charge in [0.05, 0.1) is 28.7 Å². The molecule has 1 N–H and O–H groups in total. The van der Waals surface area contributed by atoms with E-state index in [0.717, 1.165) is 27.0 Å². The molecule has 0 radical (unpaired) electrons. The van der Waals surface area contributed by atoms with Crippen LogP contribution in [0.2, 0.25) is 0 Å². The number of aryl methyl sites for hydroxylation is 2. The van der Waals surface area contributed by atoms with Crippen LogP contribution in [-0.2, 0) is 17.9 Å². The van der Waals surface area contributed by atoms with Gasteiger partial charge < -0.3 is 9.47 Å². The molecule has 1 amide bonds. The largest absolute Gasteiger partial charge is 0.493 e. The van der Waals surface area contributed by atoms with Gasteiger partial charge in [0.25, 0.3) is 5.91 Å². The zero-order valence-corrected chi connectivity index (χ0v) is 20.5. The van der Waals surface area contributed by atoms with Crippen LogP contribution < -0.4 is 14.9 Å². The number of carbonyl (C=O) groups excluding carboxylic acids is 1. The van der Waals surface area contributed by atoms with Crippen LogP contribution in [0.25, 0.3) is 0 Å². The van der Waals surface area contributed by atoms with E-state index in [0.29, 0.717) is 23.8 Å². The highest BCUT2D eigenvalue weighted by molar-refractivity contribution is 9.10. The molecule has 0 saturated heterocycles. The maximum Gasteiger partial charge on any atom is 0.261 e. The van der Waals surface area contributed by atoms with Crippen molar-refractivity contribution in [3.63, 3.8) is 0 Å². The van der Waals surface area contributed by atoms with Gasteiger partial charge in [-0.25, -0.2) is 5.43 Å². The van der Waals surface area contributed by atoms with Gasteiger partial charge in [0, 0.05) is 5.56 Å². The SMILES string of the molecule is COc1cc(C(C)=NNC(=O)Cn2nc(C)c(Br)c2C)ccc1OCc1ccc(C)cc1. The summed E-state index contributed by atoms with van der Waals surface area (Å²) in [5.41, 5.74) is 8.08. The number of ether oxygens (including phenoxy) is 2. The Morgan fingerprint density at radius 3 is 2.47 bits per heavy atom. The first-order chi connectivity index (χ1) is 15.3. The number of aromatic nitrogens is 2. The van der Waals surface area contributed by atoms with Crippen molar-refractivity contribution in [2.75, 3.05) is 7.11 Å². The number of hydrazone groups is 1. The first-order valence-electron chi connectivity index (χ1n) is 10.2. The second kappa shape index (κ2) is 10.5. The van der Waals surface area contributed by atoms with Gasteiger partial charge in [-0.3, -0.25) is 9.48 Å². The van der Waals surface area contributed by atoms with Gasteiger partial charge in [0.15, 0.2) is 11.5 Å². The zero-order valence-electron chi connectivity index (χ0n) is 18.9. The lowest BCUT2D eigenvalue weighted by Gasteiger charge is -2.12. The van der Waals surface area contributed by atoms with Crippen molar-refractivity contribution in [2.45, 2.75) is 40.8 Å². The van der Waals surface area contributed by atoms with E-state index in [-0.39, 0.29) is 12.5 Å². The first-order valence-corrected chi connectivity index (χ1v) is 11.0. The van der Waals surface area contributed by atoms with Crippen LogP contribution in [-0.4, -0.2) is 28.5 Å².